The first kappa shape index (κ1) is 14.2. The van der Waals surface area contributed by atoms with Crippen molar-refractivity contribution in [2.24, 2.45) is 0 Å². The first-order valence-electron chi connectivity index (χ1n) is 6.36. The molecule has 1 unspecified atom stereocenters. The molecule has 7 heteroatoms. The number of hydrogen-bond donors (Lipinski definition) is 0. The van der Waals surface area contributed by atoms with E-state index < -0.39 is 9.84 Å². The van der Waals surface area contributed by atoms with Crippen LogP contribution in [0.25, 0.3) is 0 Å². The molecule has 0 N–H and O–H groups in total. The van der Waals surface area contributed by atoms with Crippen LogP contribution in [-0.2, 0) is 21.1 Å². The second-order valence-electron chi connectivity index (χ2n) is 4.65. The van der Waals surface area contributed by atoms with Crippen molar-refractivity contribution < 1.29 is 17.9 Å². The lowest BCUT2D eigenvalue weighted by atomic mass is 10.0. The second kappa shape index (κ2) is 5.83. The van der Waals surface area contributed by atoms with Gasteiger partial charge >= 0.3 is 0 Å². The van der Waals surface area contributed by atoms with Crippen molar-refractivity contribution in [3.8, 4) is 0 Å². The van der Waals surface area contributed by atoms with Crippen LogP contribution in [0.1, 0.15) is 35.3 Å². The average molecular weight is 286 g/mol. The third-order valence-electron chi connectivity index (χ3n) is 3.33. The highest BCUT2D eigenvalue weighted by molar-refractivity contribution is 7.91. The van der Waals surface area contributed by atoms with Gasteiger partial charge in [0, 0.05) is 24.5 Å². The van der Waals surface area contributed by atoms with Gasteiger partial charge in [0.05, 0.1) is 30.2 Å². The largest absolute Gasteiger partial charge is 0.381 e. The van der Waals surface area contributed by atoms with Crippen LogP contribution in [0.5, 0.6) is 0 Å². The quantitative estimate of drug-likeness (QED) is 0.717. The van der Waals surface area contributed by atoms with Gasteiger partial charge in [-0.2, -0.15) is 5.10 Å². The summed E-state index contributed by atoms with van der Waals surface area (Å²) in [6.07, 6.45) is 3.24. The molecule has 1 aliphatic heterocycles. The number of aryl methyl sites for hydroxylation is 1. The minimum Gasteiger partial charge on any atom is -0.381 e. The second-order valence-corrected chi connectivity index (χ2v) is 7.12. The van der Waals surface area contributed by atoms with Crippen molar-refractivity contribution in [1.82, 2.24) is 9.78 Å². The Balaban J connectivity index is 2.12. The Kier molecular flexibility index (Phi) is 4.36. The molecule has 1 fully saturated rings. The zero-order chi connectivity index (χ0) is 13.9. The van der Waals surface area contributed by atoms with Gasteiger partial charge in [0.2, 0.25) is 0 Å². The van der Waals surface area contributed by atoms with E-state index in [1.165, 1.54) is 0 Å². The standard InChI is InChI=1S/C12H18N2O4S/c1-2-19(16,17)6-4-14-7-11(8-15)12(13-14)10-3-5-18-9-10/h7-8,10H,2-6,9H2,1H3. The number of carbonyl (C=O) groups is 1. The van der Waals surface area contributed by atoms with Crippen LogP contribution < -0.4 is 0 Å². The third kappa shape index (κ3) is 3.42. The van der Waals surface area contributed by atoms with Gasteiger partial charge in [-0.15, -0.1) is 0 Å². The number of nitrogens with zero attached hydrogens (tertiary/aromatic N) is 2. The molecule has 19 heavy (non-hydrogen) atoms. The van der Waals surface area contributed by atoms with Crippen molar-refractivity contribution >= 4 is 16.1 Å². The van der Waals surface area contributed by atoms with Crippen LogP contribution in [-0.4, -0.2) is 49.2 Å². The molecule has 0 amide bonds. The third-order valence-corrected chi connectivity index (χ3v) is 5.02. The summed E-state index contributed by atoms with van der Waals surface area (Å²) in [5, 5.41) is 4.34. The SMILES string of the molecule is CCS(=O)(=O)CCn1cc(C=O)c(C2CCOC2)n1. The Labute approximate surface area is 112 Å². The fourth-order valence-corrected chi connectivity index (χ4v) is 2.86. The van der Waals surface area contributed by atoms with E-state index in [1.54, 1.807) is 17.8 Å². The minimum atomic E-state index is -3.02. The molecule has 1 saturated heterocycles. The Morgan fingerprint density at radius 2 is 2.37 bits per heavy atom. The minimum absolute atomic E-state index is 0.0457. The summed E-state index contributed by atoms with van der Waals surface area (Å²) >= 11 is 0. The Morgan fingerprint density at radius 1 is 1.58 bits per heavy atom. The fraction of sp³-hybridized carbons (Fsp3) is 0.667. The molecule has 0 aromatic carbocycles. The lowest BCUT2D eigenvalue weighted by Gasteiger charge is -2.04. The van der Waals surface area contributed by atoms with Gasteiger partial charge in [0.1, 0.15) is 0 Å². The van der Waals surface area contributed by atoms with Gasteiger partial charge in [-0.3, -0.25) is 9.48 Å². The molecule has 6 nitrogen and oxygen atoms in total. The van der Waals surface area contributed by atoms with Crippen LogP contribution >= 0.6 is 0 Å². The maximum atomic E-state index is 11.5. The molecule has 1 atom stereocenters. The smallest absolute Gasteiger partial charge is 0.153 e. The maximum Gasteiger partial charge on any atom is 0.153 e. The lowest BCUT2D eigenvalue weighted by Crippen LogP contribution is -2.15. The topological polar surface area (TPSA) is 78.3 Å². The normalized spacial score (nSPS) is 19.7. The van der Waals surface area contributed by atoms with E-state index in [-0.39, 0.29) is 24.0 Å². The molecule has 0 saturated carbocycles. The van der Waals surface area contributed by atoms with E-state index in [0.29, 0.717) is 18.8 Å². The highest BCUT2D eigenvalue weighted by Gasteiger charge is 2.24. The van der Waals surface area contributed by atoms with Crippen molar-refractivity contribution in [2.75, 3.05) is 24.7 Å². The first-order chi connectivity index (χ1) is 9.05. The molecule has 1 aliphatic rings. The number of hydrogen-bond acceptors (Lipinski definition) is 5. The number of aldehydes is 1. The molecule has 0 radical (unpaired) electrons. The molecular weight excluding hydrogens is 268 g/mol. The van der Waals surface area contributed by atoms with Gasteiger partial charge in [0.25, 0.3) is 0 Å². The molecule has 1 aromatic heterocycles. The van der Waals surface area contributed by atoms with Crippen molar-refractivity contribution in [2.45, 2.75) is 25.8 Å². The molecular formula is C12H18N2O4S. The van der Waals surface area contributed by atoms with Gasteiger partial charge in [-0.1, -0.05) is 6.92 Å². The van der Waals surface area contributed by atoms with Gasteiger partial charge < -0.3 is 4.74 Å². The number of rotatable bonds is 6. The zero-order valence-corrected chi connectivity index (χ0v) is 11.7. The van der Waals surface area contributed by atoms with Gasteiger partial charge in [-0.25, -0.2) is 8.42 Å². The molecule has 2 rings (SSSR count). The summed E-state index contributed by atoms with van der Waals surface area (Å²) in [4.78, 5) is 11.0. The summed E-state index contributed by atoms with van der Waals surface area (Å²) in [5.74, 6) is 0.312. The summed E-state index contributed by atoms with van der Waals surface area (Å²) in [5.41, 5.74) is 1.26. The monoisotopic (exact) mass is 286 g/mol. The van der Waals surface area contributed by atoms with Crippen LogP contribution in [0.2, 0.25) is 0 Å². The van der Waals surface area contributed by atoms with E-state index in [9.17, 15) is 13.2 Å². The van der Waals surface area contributed by atoms with Gasteiger partial charge in [0.15, 0.2) is 16.1 Å². The summed E-state index contributed by atoms with van der Waals surface area (Å²) in [6.45, 7) is 3.16. The van der Waals surface area contributed by atoms with E-state index in [4.69, 9.17) is 4.74 Å². The predicted molar refractivity (Wildman–Crippen MR) is 70.1 cm³/mol. The van der Waals surface area contributed by atoms with E-state index in [1.807, 2.05) is 0 Å². The van der Waals surface area contributed by atoms with Crippen LogP contribution in [0.3, 0.4) is 0 Å². The molecule has 1 aromatic rings. The van der Waals surface area contributed by atoms with Gasteiger partial charge in [-0.05, 0) is 6.42 Å². The Morgan fingerprint density at radius 3 is 2.95 bits per heavy atom. The highest BCUT2D eigenvalue weighted by atomic mass is 32.2. The van der Waals surface area contributed by atoms with Crippen LogP contribution in [0.15, 0.2) is 6.20 Å². The molecule has 0 bridgehead atoms. The summed E-state index contributed by atoms with van der Waals surface area (Å²) < 4.78 is 29.8. The number of ether oxygens (including phenoxy) is 1. The van der Waals surface area contributed by atoms with Crippen molar-refractivity contribution in [1.29, 1.82) is 0 Å². The lowest BCUT2D eigenvalue weighted by molar-refractivity contribution is 0.112. The molecule has 2 heterocycles. The summed E-state index contributed by atoms with van der Waals surface area (Å²) in [7, 11) is -3.02. The average Bonchev–Trinajstić information content (AvgIpc) is 3.05. The van der Waals surface area contributed by atoms with E-state index >= 15 is 0 Å². The molecule has 0 aliphatic carbocycles. The van der Waals surface area contributed by atoms with E-state index in [0.717, 1.165) is 18.4 Å². The maximum absolute atomic E-state index is 11.5. The number of carbonyl (C=O) groups excluding carboxylic acids is 1. The number of aromatic nitrogens is 2. The van der Waals surface area contributed by atoms with Crippen LogP contribution in [0, 0.1) is 0 Å². The summed E-state index contributed by atoms with van der Waals surface area (Å²) in [6, 6.07) is 0. The zero-order valence-electron chi connectivity index (χ0n) is 10.9. The predicted octanol–water partition coefficient (Wildman–Crippen LogP) is 0.634. The molecule has 0 spiro atoms. The Hall–Kier alpha value is -1.21. The van der Waals surface area contributed by atoms with Crippen molar-refractivity contribution in [3.63, 3.8) is 0 Å². The van der Waals surface area contributed by atoms with Crippen molar-refractivity contribution in [3.05, 3.63) is 17.5 Å². The first-order valence-corrected chi connectivity index (χ1v) is 8.18. The highest BCUT2D eigenvalue weighted by Crippen LogP contribution is 2.25. The fourth-order valence-electron chi connectivity index (χ4n) is 2.10. The van der Waals surface area contributed by atoms with Crippen LogP contribution in [0.4, 0.5) is 0 Å². The molecule has 106 valence electrons. The Bertz CT molecular complexity index is 544. The van der Waals surface area contributed by atoms with E-state index in [2.05, 4.69) is 5.10 Å². The number of sulfone groups is 1.